The maximum Gasteiger partial charge on any atom is 0.330 e. The molecule has 0 unspecified atom stereocenters. The predicted molar refractivity (Wildman–Crippen MR) is 94.5 cm³/mol. The summed E-state index contributed by atoms with van der Waals surface area (Å²) in [4.78, 5) is 26.5. The smallest absolute Gasteiger partial charge is 0.330 e. The summed E-state index contributed by atoms with van der Waals surface area (Å²) in [5, 5.41) is 13.0. The number of aliphatic carboxylic acids is 1. The molecule has 0 aliphatic carbocycles. The number of imidazole rings is 1. The van der Waals surface area contributed by atoms with E-state index in [1.54, 1.807) is 23.3 Å². The molecule has 9 heteroatoms. The van der Waals surface area contributed by atoms with Crippen molar-refractivity contribution in [2.24, 2.45) is 0 Å². The molecule has 3 heterocycles. The lowest BCUT2D eigenvalue weighted by molar-refractivity contribution is -0.148. The van der Waals surface area contributed by atoms with Gasteiger partial charge < -0.3 is 25.6 Å². The van der Waals surface area contributed by atoms with Gasteiger partial charge in [-0.1, -0.05) is 0 Å². The van der Waals surface area contributed by atoms with E-state index in [-0.39, 0.29) is 12.0 Å². The first kappa shape index (κ1) is 17.0. The van der Waals surface area contributed by atoms with E-state index in [1.165, 1.54) is 0 Å². The van der Waals surface area contributed by atoms with Crippen molar-refractivity contribution in [1.29, 1.82) is 0 Å². The molecule has 4 N–H and O–H groups in total. The van der Waals surface area contributed by atoms with Crippen LogP contribution in [0.15, 0.2) is 24.8 Å². The van der Waals surface area contributed by atoms with Gasteiger partial charge in [0, 0.05) is 37.6 Å². The van der Waals surface area contributed by atoms with Crippen LogP contribution in [0, 0.1) is 0 Å². The zero-order chi connectivity index (χ0) is 18.0. The molecule has 9 nitrogen and oxygen atoms in total. The van der Waals surface area contributed by atoms with Crippen molar-refractivity contribution >= 4 is 23.6 Å². The minimum atomic E-state index is -0.968. The van der Waals surface area contributed by atoms with Crippen LogP contribution in [0.2, 0.25) is 0 Å². The number of nitrogens with one attached hydrogen (secondary N) is 1. The van der Waals surface area contributed by atoms with Crippen LogP contribution in [0.25, 0.3) is 0 Å². The third kappa shape index (κ3) is 3.35. The van der Waals surface area contributed by atoms with Crippen molar-refractivity contribution in [1.82, 2.24) is 19.5 Å². The second-order valence-electron chi connectivity index (χ2n) is 6.56. The van der Waals surface area contributed by atoms with Crippen LogP contribution in [0.1, 0.15) is 26.7 Å². The van der Waals surface area contributed by atoms with Crippen LogP contribution in [-0.4, -0.2) is 49.7 Å². The fourth-order valence-electron chi connectivity index (χ4n) is 3.18. The highest BCUT2D eigenvalue weighted by Crippen LogP contribution is 2.32. The summed E-state index contributed by atoms with van der Waals surface area (Å²) >= 11 is 0. The van der Waals surface area contributed by atoms with Crippen LogP contribution in [-0.2, 0) is 10.3 Å². The van der Waals surface area contributed by atoms with Crippen LogP contribution in [0.5, 0.6) is 0 Å². The highest BCUT2D eigenvalue weighted by Gasteiger charge is 2.43. The van der Waals surface area contributed by atoms with Gasteiger partial charge in [0.2, 0.25) is 5.95 Å². The molecule has 134 valence electrons. The second kappa shape index (κ2) is 6.58. The molecule has 0 saturated carbocycles. The molecular weight excluding hydrogens is 322 g/mol. The summed E-state index contributed by atoms with van der Waals surface area (Å²) in [6.45, 7) is 5.15. The Bertz CT molecular complexity index is 737. The van der Waals surface area contributed by atoms with Gasteiger partial charge in [0.15, 0.2) is 0 Å². The molecule has 1 saturated heterocycles. The second-order valence-corrected chi connectivity index (χ2v) is 6.56. The molecule has 1 aliphatic rings. The van der Waals surface area contributed by atoms with Crippen molar-refractivity contribution in [3.05, 3.63) is 24.8 Å². The largest absolute Gasteiger partial charge is 0.479 e. The summed E-state index contributed by atoms with van der Waals surface area (Å²) in [5.41, 5.74) is 4.86. The average Bonchev–Trinajstić information content (AvgIpc) is 3.08. The Balaban J connectivity index is 1.80. The van der Waals surface area contributed by atoms with Gasteiger partial charge in [0.25, 0.3) is 0 Å². The number of carboxylic acids is 1. The molecule has 1 fully saturated rings. The third-order valence-corrected chi connectivity index (χ3v) is 4.48. The standard InChI is InChI=1S/C16H23N7O2/c1-11(2)19-12-9-13(21-15(17)20-12)22-6-3-16(4-7-22,14(24)25)23-8-5-18-10-23/h5,8-11H,3-4,6-7H2,1-2H3,(H,24,25)(H3,17,19,20,21). The number of carboxylic acid groups (broad SMARTS) is 1. The molecule has 2 aromatic rings. The Hall–Kier alpha value is -2.84. The summed E-state index contributed by atoms with van der Waals surface area (Å²) in [5.74, 6) is 0.738. The number of hydrogen-bond acceptors (Lipinski definition) is 7. The number of nitrogens with zero attached hydrogens (tertiary/aromatic N) is 5. The molecule has 0 amide bonds. The SMILES string of the molecule is CC(C)Nc1cc(N2CCC(C(=O)O)(n3ccnc3)CC2)nc(N)n1. The number of piperidine rings is 1. The Kier molecular flexibility index (Phi) is 4.47. The quantitative estimate of drug-likeness (QED) is 0.738. The zero-order valence-electron chi connectivity index (χ0n) is 14.4. The Morgan fingerprint density at radius 2 is 2.08 bits per heavy atom. The molecule has 0 radical (unpaired) electrons. The van der Waals surface area contributed by atoms with Crippen molar-refractivity contribution in [2.45, 2.75) is 38.3 Å². The minimum Gasteiger partial charge on any atom is -0.479 e. The highest BCUT2D eigenvalue weighted by molar-refractivity contribution is 5.77. The van der Waals surface area contributed by atoms with Gasteiger partial charge in [-0.25, -0.2) is 9.78 Å². The maximum atomic E-state index is 11.9. The van der Waals surface area contributed by atoms with E-state index in [0.29, 0.717) is 37.6 Å². The van der Waals surface area contributed by atoms with Gasteiger partial charge in [0.1, 0.15) is 17.2 Å². The van der Waals surface area contributed by atoms with E-state index >= 15 is 0 Å². The maximum absolute atomic E-state index is 11.9. The van der Waals surface area contributed by atoms with E-state index in [4.69, 9.17) is 5.73 Å². The number of anilines is 3. The summed E-state index contributed by atoms with van der Waals surface area (Å²) in [7, 11) is 0. The molecule has 0 spiro atoms. The van der Waals surface area contributed by atoms with Gasteiger partial charge in [0.05, 0.1) is 6.33 Å². The van der Waals surface area contributed by atoms with Crippen molar-refractivity contribution in [3.63, 3.8) is 0 Å². The molecule has 0 aromatic carbocycles. The fraction of sp³-hybridized carbons (Fsp3) is 0.500. The molecule has 0 atom stereocenters. The van der Waals surface area contributed by atoms with Crippen LogP contribution in [0.4, 0.5) is 17.6 Å². The first-order valence-electron chi connectivity index (χ1n) is 8.28. The van der Waals surface area contributed by atoms with E-state index in [9.17, 15) is 9.90 Å². The number of nitrogens with two attached hydrogens (primary N) is 1. The highest BCUT2D eigenvalue weighted by atomic mass is 16.4. The molecular formula is C16H23N7O2. The summed E-state index contributed by atoms with van der Waals surface area (Å²) in [6, 6.07) is 2.07. The third-order valence-electron chi connectivity index (χ3n) is 4.48. The van der Waals surface area contributed by atoms with Crippen molar-refractivity contribution < 1.29 is 9.90 Å². The monoisotopic (exact) mass is 345 g/mol. The van der Waals surface area contributed by atoms with Crippen molar-refractivity contribution in [3.8, 4) is 0 Å². The Labute approximate surface area is 145 Å². The number of nitrogen functional groups attached to an aromatic ring is 1. The average molecular weight is 345 g/mol. The molecule has 0 bridgehead atoms. The fourth-order valence-corrected chi connectivity index (χ4v) is 3.18. The normalized spacial score (nSPS) is 16.8. The summed E-state index contributed by atoms with van der Waals surface area (Å²) < 4.78 is 1.69. The lowest BCUT2D eigenvalue weighted by Gasteiger charge is -2.40. The van der Waals surface area contributed by atoms with E-state index in [0.717, 1.165) is 0 Å². The zero-order valence-corrected chi connectivity index (χ0v) is 14.4. The Morgan fingerprint density at radius 1 is 1.36 bits per heavy atom. The van der Waals surface area contributed by atoms with Crippen molar-refractivity contribution in [2.75, 3.05) is 29.0 Å². The number of hydrogen-bond donors (Lipinski definition) is 3. The molecule has 3 rings (SSSR count). The number of carbonyl (C=O) groups is 1. The van der Waals surface area contributed by atoms with Gasteiger partial charge in [-0.3, -0.25) is 0 Å². The lowest BCUT2D eigenvalue weighted by atomic mass is 9.87. The molecule has 1 aliphatic heterocycles. The van der Waals surface area contributed by atoms with Gasteiger partial charge >= 0.3 is 5.97 Å². The van der Waals surface area contributed by atoms with E-state index in [2.05, 4.69) is 20.3 Å². The predicted octanol–water partition coefficient (Wildman–Crippen LogP) is 1.16. The van der Waals surface area contributed by atoms with Gasteiger partial charge in [-0.2, -0.15) is 9.97 Å². The topological polar surface area (TPSA) is 122 Å². The molecule has 2 aromatic heterocycles. The van der Waals surface area contributed by atoms with Crippen LogP contribution < -0.4 is 16.0 Å². The first-order chi connectivity index (χ1) is 11.9. The minimum absolute atomic E-state index is 0.199. The van der Waals surface area contributed by atoms with E-state index < -0.39 is 11.5 Å². The number of rotatable bonds is 5. The molecule has 25 heavy (non-hydrogen) atoms. The Morgan fingerprint density at radius 3 is 2.64 bits per heavy atom. The van der Waals surface area contributed by atoms with Gasteiger partial charge in [-0.15, -0.1) is 0 Å². The number of aromatic nitrogens is 4. The van der Waals surface area contributed by atoms with Gasteiger partial charge in [-0.05, 0) is 26.7 Å². The lowest BCUT2D eigenvalue weighted by Crippen LogP contribution is -2.51. The summed E-state index contributed by atoms with van der Waals surface area (Å²) in [6.07, 6.45) is 5.78. The van der Waals surface area contributed by atoms with Crippen LogP contribution >= 0.6 is 0 Å². The van der Waals surface area contributed by atoms with Crippen LogP contribution in [0.3, 0.4) is 0 Å². The first-order valence-corrected chi connectivity index (χ1v) is 8.28. The van der Waals surface area contributed by atoms with E-state index in [1.807, 2.05) is 24.8 Å².